The molecule has 0 aliphatic carbocycles. The second-order valence-corrected chi connectivity index (χ2v) is 2.85. The lowest BCUT2D eigenvalue weighted by Crippen LogP contribution is -1.95. The van der Waals surface area contributed by atoms with Crippen molar-refractivity contribution in [3.05, 3.63) is 36.0 Å². The molecule has 1 radical (unpaired) electrons. The van der Waals surface area contributed by atoms with Gasteiger partial charge in [-0.15, -0.1) is 0 Å². The molecule has 0 amide bonds. The first kappa shape index (κ1) is 8.25. The Hall–Kier alpha value is -0.850. The van der Waals surface area contributed by atoms with Crippen LogP contribution >= 0.6 is 0 Å². The summed E-state index contributed by atoms with van der Waals surface area (Å²) in [6.45, 7) is 4.37. The molecule has 0 bridgehead atoms. The van der Waals surface area contributed by atoms with E-state index in [1.807, 2.05) is 18.5 Å². The van der Waals surface area contributed by atoms with Crippen LogP contribution in [0.2, 0.25) is 0 Å². The molecule has 0 atom stereocenters. The first-order valence-electron chi connectivity index (χ1n) is 4.03. The Morgan fingerprint density at radius 2 is 2.36 bits per heavy atom. The van der Waals surface area contributed by atoms with Gasteiger partial charge in [-0.3, -0.25) is 4.98 Å². The molecule has 0 saturated heterocycles. The van der Waals surface area contributed by atoms with E-state index < -0.39 is 0 Å². The number of pyridine rings is 1. The monoisotopic (exact) mass is 148 g/mol. The molecule has 0 saturated carbocycles. The van der Waals surface area contributed by atoms with Crippen LogP contribution in [0.1, 0.15) is 25.8 Å². The minimum absolute atomic E-state index is 1.07. The van der Waals surface area contributed by atoms with E-state index in [0.29, 0.717) is 0 Å². The Bertz CT molecular complexity index is 193. The zero-order valence-electron chi connectivity index (χ0n) is 7.17. The first-order valence-corrected chi connectivity index (χ1v) is 4.03. The Morgan fingerprint density at radius 1 is 1.55 bits per heavy atom. The molecule has 1 aromatic rings. The van der Waals surface area contributed by atoms with E-state index in [-0.39, 0.29) is 0 Å². The third kappa shape index (κ3) is 2.71. The largest absolute Gasteiger partial charge is 0.264 e. The number of hydrogen-bond donors (Lipinski definition) is 0. The molecule has 1 aromatic heterocycles. The maximum atomic E-state index is 4.06. The Balaban J connectivity index is 2.51. The van der Waals surface area contributed by atoms with Crippen LogP contribution in [-0.2, 0) is 6.42 Å². The zero-order valence-corrected chi connectivity index (χ0v) is 7.17. The highest BCUT2D eigenvalue weighted by molar-refractivity contribution is 5.13. The van der Waals surface area contributed by atoms with Crippen LogP contribution in [0.25, 0.3) is 0 Å². The molecule has 59 valence electrons. The second-order valence-electron chi connectivity index (χ2n) is 2.85. The van der Waals surface area contributed by atoms with Gasteiger partial charge in [-0.2, -0.15) is 0 Å². The quantitative estimate of drug-likeness (QED) is 0.642. The van der Waals surface area contributed by atoms with Crippen molar-refractivity contribution in [2.45, 2.75) is 26.7 Å². The second kappa shape index (κ2) is 4.12. The minimum atomic E-state index is 1.07. The van der Waals surface area contributed by atoms with Gasteiger partial charge in [-0.1, -0.05) is 19.9 Å². The number of nitrogens with zero attached hydrogens (tertiary/aromatic N) is 1. The minimum Gasteiger partial charge on any atom is -0.264 e. The molecular weight excluding hydrogens is 134 g/mol. The molecular formula is C10H14N. The molecule has 0 aromatic carbocycles. The standard InChI is InChI=1S/C10H14N/c1-3-9(2)7-10-5-4-6-11-8-10/h4-6,8H,3,7H2,1-2H3. The smallest absolute Gasteiger partial charge is 0.0300 e. The van der Waals surface area contributed by atoms with Crippen LogP contribution in [0.5, 0.6) is 0 Å². The highest BCUT2D eigenvalue weighted by Crippen LogP contribution is 2.11. The summed E-state index contributed by atoms with van der Waals surface area (Å²) in [5, 5.41) is 0. The van der Waals surface area contributed by atoms with Crippen molar-refractivity contribution in [2.24, 2.45) is 0 Å². The van der Waals surface area contributed by atoms with Crippen LogP contribution in [0.4, 0.5) is 0 Å². The number of hydrogen-bond acceptors (Lipinski definition) is 1. The van der Waals surface area contributed by atoms with E-state index in [0.717, 1.165) is 12.8 Å². The van der Waals surface area contributed by atoms with Crippen molar-refractivity contribution in [1.29, 1.82) is 0 Å². The fourth-order valence-electron chi connectivity index (χ4n) is 0.976. The predicted octanol–water partition coefficient (Wildman–Crippen LogP) is 2.63. The van der Waals surface area contributed by atoms with E-state index in [2.05, 4.69) is 24.9 Å². The maximum Gasteiger partial charge on any atom is 0.0300 e. The highest BCUT2D eigenvalue weighted by atomic mass is 14.6. The summed E-state index contributed by atoms with van der Waals surface area (Å²) in [6.07, 6.45) is 5.98. The van der Waals surface area contributed by atoms with Crippen LogP contribution in [0, 0.1) is 5.92 Å². The van der Waals surface area contributed by atoms with Crippen molar-refractivity contribution in [3.63, 3.8) is 0 Å². The lowest BCUT2D eigenvalue weighted by atomic mass is 10.0. The Kier molecular flexibility index (Phi) is 3.09. The van der Waals surface area contributed by atoms with Crippen molar-refractivity contribution >= 4 is 0 Å². The molecule has 1 heteroatoms. The molecule has 0 fully saturated rings. The molecule has 0 unspecified atom stereocenters. The summed E-state index contributed by atoms with van der Waals surface area (Å²) >= 11 is 0. The zero-order chi connectivity index (χ0) is 8.10. The van der Waals surface area contributed by atoms with E-state index in [4.69, 9.17) is 0 Å². The van der Waals surface area contributed by atoms with Gasteiger partial charge in [0.05, 0.1) is 0 Å². The topological polar surface area (TPSA) is 12.9 Å². The maximum absolute atomic E-state index is 4.06. The van der Waals surface area contributed by atoms with Crippen molar-refractivity contribution in [3.8, 4) is 0 Å². The van der Waals surface area contributed by atoms with Gasteiger partial charge in [0.2, 0.25) is 0 Å². The third-order valence-electron chi connectivity index (χ3n) is 1.83. The molecule has 1 rings (SSSR count). The van der Waals surface area contributed by atoms with Crippen molar-refractivity contribution in [1.82, 2.24) is 4.98 Å². The van der Waals surface area contributed by atoms with Crippen LogP contribution in [0.15, 0.2) is 24.5 Å². The predicted molar refractivity (Wildman–Crippen MR) is 47.1 cm³/mol. The first-order chi connectivity index (χ1) is 5.33. The summed E-state index contributed by atoms with van der Waals surface area (Å²) in [4.78, 5) is 4.06. The van der Waals surface area contributed by atoms with E-state index in [1.165, 1.54) is 11.5 Å². The Labute approximate surface area is 68.5 Å². The van der Waals surface area contributed by atoms with Gasteiger partial charge in [-0.25, -0.2) is 0 Å². The van der Waals surface area contributed by atoms with Crippen LogP contribution in [0.3, 0.4) is 0 Å². The summed E-state index contributed by atoms with van der Waals surface area (Å²) in [7, 11) is 0. The summed E-state index contributed by atoms with van der Waals surface area (Å²) in [5.74, 6) is 1.51. The van der Waals surface area contributed by atoms with Gasteiger partial charge in [0, 0.05) is 12.4 Å². The summed E-state index contributed by atoms with van der Waals surface area (Å²) < 4.78 is 0. The number of aromatic nitrogens is 1. The van der Waals surface area contributed by atoms with E-state index >= 15 is 0 Å². The average Bonchev–Trinajstić information content (AvgIpc) is 2.06. The van der Waals surface area contributed by atoms with E-state index in [9.17, 15) is 0 Å². The van der Waals surface area contributed by atoms with Crippen molar-refractivity contribution < 1.29 is 0 Å². The third-order valence-corrected chi connectivity index (χ3v) is 1.83. The normalized spacial score (nSPS) is 10.5. The molecule has 1 nitrogen and oxygen atoms in total. The molecule has 0 aliphatic rings. The summed E-state index contributed by atoms with van der Waals surface area (Å²) in [5.41, 5.74) is 1.31. The van der Waals surface area contributed by atoms with Crippen molar-refractivity contribution in [2.75, 3.05) is 0 Å². The van der Waals surface area contributed by atoms with Crippen LogP contribution < -0.4 is 0 Å². The van der Waals surface area contributed by atoms with Crippen LogP contribution in [-0.4, -0.2) is 4.98 Å². The molecule has 0 aliphatic heterocycles. The van der Waals surface area contributed by atoms with Gasteiger partial charge < -0.3 is 0 Å². The fraction of sp³-hybridized carbons (Fsp3) is 0.400. The van der Waals surface area contributed by atoms with Gasteiger partial charge >= 0.3 is 0 Å². The molecule has 0 spiro atoms. The Morgan fingerprint density at radius 3 is 2.91 bits per heavy atom. The van der Waals surface area contributed by atoms with Gasteiger partial charge in [0.25, 0.3) is 0 Å². The van der Waals surface area contributed by atoms with Gasteiger partial charge in [-0.05, 0) is 30.4 Å². The number of rotatable bonds is 3. The molecule has 1 heterocycles. The lowest BCUT2D eigenvalue weighted by Gasteiger charge is -2.05. The lowest BCUT2D eigenvalue weighted by molar-refractivity contribution is 0.837. The SMILES string of the molecule is CC[C](C)Cc1cccnc1. The van der Waals surface area contributed by atoms with E-state index in [1.54, 1.807) is 0 Å². The summed E-state index contributed by atoms with van der Waals surface area (Å²) in [6, 6.07) is 4.10. The fourth-order valence-corrected chi connectivity index (χ4v) is 0.976. The van der Waals surface area contributed by atoms with Gasteiger partial charge in [0.15, 0.2) is 0 Å². The molecule has 11 heavy (non-hydrogen) atoms. The van der Waals surface area contributed by atoms with Gasteiger partial charge in [0.1, 0.15) is 0 Å². The molecule has 0 N–H and O–H groups in total. The average molecular weight is 148 g/mol. The highest BCUT2D eigenvalue weighted by Gasteiger charge is 1.99.